The maximum absolute atomic E-state index is 8.90. The van der Waals surface area contributed by atoms with E-state index in [1.807, 2.05) is 18.2 Å². The third-order valence-corrected chi connectivity index (χ3v) is 5.19. The van der Waals surface area contributed by atoms with Crippen molar-refractivity contribution in [3.8, 4) is 6.07 Å². The predicted octanol–water partition coefficient (Wildman–Crippen LogP) is 4.55. The Morgan fingerprint density at radius 3 is 2.46 bits per heavy atom. The van der Waals surface area contributed by atoms with Crippen LogP contribution in [0.5, 0.6) is 0 Å². The molecule has 0 spiro atoms. The molecular formula is C23H23N5. The molecule has 0 unspecified atom stereocenters. The van der Waals surface area contributed by atoms with Gasteiger partial charge in [-0.3, -0.25) is 0 Å². The summed E-state index contributed by atoms with van der Waals surface area (Å²) in [5, 5.41) is 12.2. The van der Waals surface area contributed by atoms with Crippen LogP contribution in [0.25, 0.3) is 0 Å². The summed E-state index contributed by atoms with van der Waals surface area (Å²) in [5.41, 5.74) is 2.98. The van der Waals surface area contributed by atoms with Gasteiger partial charge < -0.3 is 10.2 Å². The highest BCUT2D eigenvalue weighted by atomic mass is 15.3. The van der Waals surface area contributed by atoms with Crippen molar-refractivity contribution in [2.75, 3.05) is 23.3 Å². The maximum Gasteiger partial charge on any atom is 0.227 e. The first-order chi connectivity index (χ1) is 13.8. The smallest absolute Gasteiger partial charge is 0.227 e. The Morgan fingerprint density at radius 1 is 1.00 bits per heavy atom. The average molecular weight is 369 g/mol. The molecule has 4 rings (SSSR count). The molecule has 1 saturated heterocycles. The number of nitriles is 1. The SMILES string of the molecule is N#Cc1ccc(Nc2ccnc(N3CCC(Cc4ccccc4)CC3)n2)cc1. The molecule has 0 bridgehead atoms. The van der Waals surface area contributed by atoms with Gasteiger partial charge in [0.2, 0.25) is 5.95 Å². The number of nitrogens with one attached hydrogen (secondary N) is 1. The largest absolute Gasteiger partial charge is 0.341 e. The fourth-order valence-electron chi connectivity index (χ4n) is 3.63. The molecular weight excluding hydrogens is 346 g/mol. The average Bonchev–Trinajstić information content (AvgIpc) is 2.76. The number of hydrogen-bond acceptors (Lipinski definition) is 5. The van der Waals surface area contributed by atoms with Gasteiger partial charge in [-0.05, 0) is 61.1 Å². The number of piperidine rings is 1. The molecule has 0 atom stereocenters. The molecule has 28 heavy (non-hydrogen) atoms. The first-order valence-corrected chi connectivity index (χ1v) is 9.69. The maximum atomic E-state index is 8.90. The van der Waals surface area contributed by atoms with Crippen molar-refractivity contribution in [2.45, 2.75) is 19.3 Å². The third-order valence-electron chi connectivity index (χ3n) is 5.19. The van der Waals surface area contributed by atoms with Gasteiger partial charge in [0.15, 0.2) is 0 Å². The van der Waals surface area contributed by atoms with Gasteiger partial charge >= 0.3 is 0 Å². The monoisotopic (exact) mass is 369 g/mol. The van der Waals surface area contributed by atoms with Gasteiger partial charge in [0.1, 0.15) is 5.82 Å². The number of hydrogen-bond donors (Lipinski definition) is 1. The summed E-state index contributed by atoms with van der Waals surface area (Å²) < 4.78 is 0. The van der Waals surface area contributed by atoms with Crippen LogP contribution in [0.4, 0.5) is 17.5 Å². The van der Waals surface area contributed by atoms with Crippen LogP contribution in [0.3, 0.4) is 0 Å². The lowest BCUT2D eigenvalue weighted by Crippen LogP contribution is -2.35. The Balaban J connectivity index is 1.36. The molecule has 0 aliphatic carbocycles. The van der Waals surface area contributed by atoms with Crippen LogP contribution in [0, 0.1) is 17.2 Å². The topological polar surface area (TPSA) is 64.8 Å². The van der Waals surface area contributed by atoms with Crippen LogP contribution < -0.4 is 10.2 Å². The summed E-state index contributed by atoms with van der Waals surface area (Å²) in [6, 6.07) is 22.1. The van der Waals surface area contributed by atoms with Crippen molar-refractivity contribution in [3.05, 3.63) is 78.0 Å². The summed E-state index contributed by atoms with van der Waals surface area (Å²) in [7, 11) is 0. The number of benzene rings is 2. The van der Waals surface area contributed by atoms with E-state index in [0.29, 0.717) is 5.56 Å². The summed E-state index contributed by atoms with van der Waals surface area (Å²) in [5.74, 6) is 2.26. The van der Waals surface area contributed by atoms with Gasteiger partial charge in [0, 0.05) is 25.0 Å². The molecule has 0 radical (unpaired) electrons. The molecule has 1 N–H and O–H groups in total. The highest BCUT2D eigenvalue weighted by Gasteiger charge is 2.21. The number of rotatable bonds is 5. The molecule has 140 valence electrons. The van der Waals surface area contributed by atoms with Crippen molar-refractivity contribution in [3.63, 3.8) is 0 Å². The van der Waals surface area contributed by atoms with E-state index >= 15 is 0 Å². The normalized spacial score (nSPS) is 14.5. The van der Waals surface area contributed by atoms with E-state index in [9.17, 15) is 0 Å². The Morgan fingerprint density at radius 2 is 1.75 bits per heavy atom. The van der Waals surface area contributed by atoms with E-state index in [-0.39, 0.29) is 0 Å². The number of nitrogens with zero attached hydrogens (tertiary/aromatic N) is 4. The summed E-state index contributed by atoms with van der Waals surface area (Å²) in [6.07, 6.45) is 5.26. The Labute approximate surface area is 165 Å². The summed E-state index contributed by atoms with van der Waals surface area (Å²) >= 11 is 0. The minimum atomic E-state index is 0.646. The Kier molecular flexibility index (Phi) is 5.48. The second-order valence-corrected chi connectivity index (χ2v) is 7.18. The third kappa shape index (κ3) is 4.47. The first-order valence-electron chi connectivity index (χ1n) is 9.69. The number of aromatic nitrogens is 2. The molecule has 1 aliphatic heterocycles. The fourth-order valence-corrected chi connectivity index (χ4v) is 3.63. The molecule has 5 heteroatoms. The van der Waals surface area contributed by atoms with E-state index in [1.165, 1.54) is 5.56 Å². The van der Waals surface area contributed by atoms with E-state index < -0.39 is 0 Å². The molecule has 0 saturated carbocycles. The van der Waals surface area contributed by atoms with E-state index in [2.05, 4.69) is 56.6 Å². The van der Waals surface area contributed by atoms with Crippen LogP contribution in [0.1, 0.15) is 24.0 Å². The van der Waals surface area contributed by atoms with Gasteiger partial charge in [-0.25, -0.2) is 4.98 Å². The lowest BCUT2D eigenvalue weighted by atomic mass is 9.90. The zero-order chi connectivity index (χ0) is 19.2. The van der Waals surface area contributed by atoms with Crippen molar-refractivity contribution in [1.82, 2.24) is 9.97 Å². The van der Waals surface area contributed by atoms with Gasteiger partial charge in [-0.2, -0.15) is 10.2 Å². The van der Waals surface area contributed by atoms with E-state index in [1.54, 1.807) is 18.3 Å². The molecule has 5 nitrogen and oxygen atoms in total. The van der Waals surface area contributed by atoms with Gasteiger partial charge in [0.25, 0.3) is 0 Å². The molecule has 1 aromatic heterocycles. The van der Waals surface area contributed by atoms with Gasteiger partial charge in [0.05, 0.1) is 11.6 Å². The summed E-state index contributed by atoms with van der Waals surface area (Å²) in [4.78, 5) is 11.4. The Hall–Kier alpha value is -3.39. The fraction of sp³-hybridized carbons (Fsp3) is 0.261. The van der Waals surface area contributed by atoms with Crippen molar-refractivity contribution < 1.29 is 0 Å². The summed E-state index contributed by atoms with van der Waals surface area (Å²) in [6.45, 7) is 1.97. The molecule has 2 heterocycles. The molecule has 0 amide bonds. The minimum Gasteiger partial charge on any atom is -0.341 e. The molecule has 1 aliphatic rings. The second kappa shape index (κ2) is 8.53. The second-order valence-electron chi connectivity index (χ2n) is 7.18. The Bertz CT molecular complexity index is 939. The van der Waals surface area contributed by atoms with Crippen LogP contribution in [0.15, 0.2) is 66.9 Å². The van der Waals surface area contributed by atoms with Crippen LogP contribution in [-0.2, 0) is 6.42 Å². The first kappa shape index (κ1) is 18.0. The van der Waals surface area contributed by atoms with Crippen molar-refractivity contribution in [1.29, 1.82) is 5.26 Å². The van der Waals surface area contributed by atoms with Crippen molar-refractivity contribution >= 4 is 17.5 Å². The minimum absolute atomic E-state index is 0.646. The standard InChI is InChI=1S/C23H23N5/c24-17-20-6-8-21(9-7-20)26-22-10-13-25-23(27-22)28-14-11-19(12-15-28)16-18-4-2-1-3-5-18/h1-10,13,19H,11-12,14-16H2,(H,25,26,27). The van der Waals surface area contributed by atoms with Crippen LogP contribution in [0.2, 0.25) is 0 Å². The van der Waals surface area contributed by atoms with Crippen molar-refractivity contribution in [2.24, 2.45) is 5.92 Å². The van der Waals surface area contributed by atoms with Crippen LogP contribution >= 0.6 is 0 Å². The predicted molar refractivity (Wildman–Crippen MR) is 112 cm³/mol. The van der Waals surface area contributed by atoms with Gasteiger partial charge in [-0.15, -0.1) is 0 Å². The number of anilines is 3. The zero-order valence-electron chi connectivity index (χ0n) is 15.8. The van der Waals surface area contributed by atoms with Crippen LogP contribution in [-0.4, -0.2) is 23.1 Å². The quantitative estimate of drug-likeness (QED) is 0.715. The highest BCUT2D eigenvalue weighted by Crippen LogP contribution is 2.25. The highest BCUT2D eigenvalue weighted by molar-refractivity contribution is 5.58. The lowest BCUT2D eigenvalue weighted by molar-refractivity contribution is 0.400. The zero-order valence-corrected chi connectivity index (χ0v) is 15.8. The van der Waals surface area contributed by atoms with E-state index in [4.69, 9.17) is 5.26 Å². The lowest BCUT2D eigenvalue weighted by Gasteiger charge is -2.32. The molecule has 2 aromatic carbocycles. The van der Waals surface area contributed by atoms with Gasteiger partial charge in [-0.1, -0.05) is 30.3 Å². The molecule has 3 aromatic rings. The molecule has 1 fully saturated rings. The van der Waals surface area contributed by atoms with E-state index in [0.717, 1.165) is 55.7 Å².